The summed E-state index contributed by atoms with van der Waals surface area (Å²) in [6.07, 6.45) is 18.8. The van der Waals surface area contributed by atoms with Crippen molar-refractivity contribution in [1.29, 1.82) is 0 Å². The lowest BCUT2D eigenvalue weighted by Gasteiger charge is -2.23. The van der Waals surface area contributed by atoms with Gasteiger partial charge in [0.1, 0.15) is 23.0 Å². The number of nitrogens with one attached hydrogen (secondary N) is 4. The Kier molecular flexibility index (Phi) is 22.6. The molecule has 8 bridgehead atoms. The van der Waals surface area contributed by atoms with Crippen molar-refractivity contribution in [2.45, 2.75) is 103 Å². The van der Waals surface area contributed by atoms with Gasteiger partial charge >= 0.3 is 0 Å². The molecule has 9 rings (SSSR count). The summed E-state index contributed by atoms with van der Waals surface area (Å²) in [5.41, 5.74) is 12.4. The second-order valence-electron chi connectivity index (χ2n) is 25.9. The number of fused-ring (bicyclic) bond motifs is 8. The molecule has 0 spiro atoms. The van der Waals surface area contributed by atoms with Gasteiger partial charge in [-0.1, -0.05) is 126 Å². The number of nitrogens with zero attached hydrogens (tertiary/aromatic N) is 3. The van der Waals surface area contributed by atoms with Crippen LogP contribution in [0, 0.1) is 0 Å². The van der Waals surface area contributed by atoms with Crippen molar-refractivity contribution < 1.29 is 27.9 Å². The number of aromatic amines is 4. The van der Waals surface area contributed by atoms with Crippen LogP contribution in [0.1, 0.15) is 148 Å². The number of hydrogen-bond acceptors (Lipinski definition) is 5. The first kappa shape index (κ1) is 63.1. The van der Waals surface area contributed by atoms with E-state index in [1.165, 1.54) is 70.6 Å². The lowest BCUT2D eigenvalue weighted by molar-refractivity contribution is -0.870. The lowest BCUT2D eigenvalue weighted by atomic mass is 10.0. The Bertz CT molecular complexity index is 3600. The van der Waals surface area contributed by atoms with E-state index in [0.29, 0.717) is 19.8 Å². The monoisotopic (exact) mass is 1160 g/mol. The fraction of sp³-hybridized carbons (Fsp3) is 0.413. The van der Waals surface area contributed by atoms with Crippen LogP contribution in [0.5, 0.6) is 23.0 Å². The Balaban J connectivity index is 1.11. The molecule has 86 heavy (non-hydrogen) atoms. The van der Waals surface area contributed by atoms with Gasteiger partial charge in [0.05, 0.1) is 81.8 Å². The Morgan fingerprint density at radius 1 is 0.302 bits per heavy atom. The number of unbranched alkanes of at least 4 members (excludes halogenated alkanes) is 11. The van der Waals surface area contributed by atoms with Crippen molar-refractivity contribution in [1.82, 2.24) is 24.8 Å². The molecule has 4 N–H and O–H groups in total. The van der Waals surface area contributed by atoms with Crippen molar-refractivity contribution in [3.8, 4) is 23.0 Å². The topological polar surface area (TPSA) is 103 Å². The number of rotatable bonds is 33. The summed E-state index contributed by atoms with van der Waals surface area (Å²) in [7, 11) is 17.5. The molecule has 456 valence electrons. The van der Waals surface area contributed by atoms with Crippen molar-refractivity contribution in [3.63, 3.8) is 0 Å². The smallest absolute Gasteiger partial charge is 0.119 e. The normalized spacial score (nSPS) is 12.8. The van der Waals surface area contributed by atoms with Crippen LogP contribution in [-0.4, -0.2) is 136 Å². The van der Waals surface area contributed by atoms with E-state index in [1.54, 1.807) is 0 Å². The molecule has 0 saturated heterocycles. The summed E-state index contributed by atoms with van der Waals surface area (Å²) in [5, 5.41) is 3.92. The number of H-pyrrole nitrogens is 4. The van der Waals surface area contributed by atoms with Gasteiger partial charge in [-0.05, 0) is 146 Å². The van der Waals surface area contributed by atoms with Crippen molar-refractivity contribution in [2.24, 2.45) is 0 Å². The third-order valence-electron chi connectivity index (χ3n) is 16.2. The van der Waals surface area contributed by atoms with E-state index in [0.717, 1.165) is 173 Å². The van der Waals surface area contributed by atoms with Gasteiger partial charge in [0.15, 0.2) is 0 Å². The van der Waals surface area contributed by atoms with Crippen LogP contribution in [-0.2, 0) is 0 Å². The third kappa shape index (κ3) is 18.3. The summed E-state index contributed by atoms with van der Waals surface area (Å²) < 4.78 is 27.1. The maximum Gasteiger partial charge on any atom is 0.119 e. The standard InChI is InChI=1S/C75H99N7O4/c1-10-11-12-13-14-15-16-17-18-19-20-21-52-83-60-33-25-56(26-34-60)72-64-41-45-68(76-64)74(58-29-37-62(38-30-58)85-54-23-50-81(4,5)6)70-47-43-66(78-70)73(57-27-35-61(36-28-57)84-53-22-49-80(2)3)67-44-48-71(79-67)75(69-46-42-65(72)77-69)59-31-39-63(40-32-59)86-55-24-51-82(7,8)9/h25-48,76-79H,10-24,49-55H2,1-9H3/q+2. The minimum Gasteiger partial charge on any atom is -0.494 e. The SMILES string of the molecule is CCCCCCCCCCCCCCOc1ccc(C2=c3ccc([nH]3)=C(c3ccc(OCCC[N+](C)(C)C)cc3)c3ccc([nH]3)C(c3ccc(OCCCN(C)C)cc3)=c3ccc([nH]3)=C(c3ccc(OCCC[N+](C)(C)C)cc3)c3ccc2[nH]3)cc1. The molecule has 0 radical (unpaired) electrons. The molecule has 1 aliphatic heterocycles. The average Bonchev–Trinajstić information content (AvgIpc) is 2.03. The van der Waals surface area contributed by atoms with Crippen LogP contribution in [0.4, 0.5) is 0 Å². The van der Waals surface area contributed by atoms with E-state index in [-0.39, 0.29) is 0 Å². The van der Waals surface area contributed by atoms with Crippen molar-refractivity contribution in [3.05, 3.63) is 212 Å². The van der Waals surface area contributed by atoms with E-state index in [4.69, 9.17) is 18.9 Å². The van der Waals surface area contributed by atoms with E-state index < -0.39 is 0 Å². The molecule has 11 nitrogen and oxygen atoms in total. The zero-order valence-corrected chi connectivity index (χ0v) is 53.4. The Hall–Kier alpha value is -7.44. The van der Waals surface area contributed by atoms with Crippen LogP contribution in [0.2, 0.25) is 0 Å². The van der Waals surface area contributed by atoms with Crippen LogP contribution in [0.3, 0.4) is 0 Å². The molecule has 0 amide bonds. The van der Waals surface area contributed by atoms with Gasteiger partial charge in [-0.25, -0.2) is 0 Å². The fourth-order valence-electron chi connectivity index (χ4n) is 11.6. The first-order valence-electron chi connectivity index (χ1n) is 32.1. The Morgan fingerprint density at radius 2 is 0.570 bits per heavy atom. The summed E-state index contributed by atoms with van der Waals surface area (Å²) >= 11 is 0. The molecule has 1 aliphatic rings. The highest BCUT2D eigenvalue weighted by Gasteiger charge is 2.20. The van der Waals surface area contributed by atoms with Crippen LogP contribution >= 0.6 is 0 Å². The van der Waals surface area contributed by atoms with Crippen LogP contribution in [0.25, 0.3) is 22.3 Å². The summed E-state index contributed by atoms with van der Waals surface area (Å²) in [6, 6.07) is 52.1. The molecule has 0 saturated carbocycles. The molecule has 0 atom stereocenters. The quantitative estimate of drug-likeness (QED) is 0.0242. The molecule has 0 aliphatic carbocycles. The van der Waals surface area contributed by atoms with Crippen molar-refractivity contribution in [2.75, 3.05) is 102 Å². The van der Waals surface area contributed by atoms with Gasteiger partial charge < -0.3 is 52.7 Å². The van der Waals surface area contributed by atoms with E-state index in [1.807, 2.05) is 0 Å². The first-order valence-corrected chi connectivity index (χ1v) is 32.1. The lowest BCUT2D eigenvalue weighted by Crippen LogP contribution is -2.36. The largest absolute Gasteiger partial charge is 0.494 e. The zero-order valence-electron chi connectivity index (χ0n) is 53.4. The highest BCUT2D eigenvalue weighted by molar-refractivity contribution is 5.85. The molecule has 0 fully saturated rings. The average molecular weight is 1160 g/mol. The van der Waals surface area contributed by atoms with Crippen molar-refractivity contribution >= 4 is 22.3 Å². The second kappa shape index (κ2) is 30.8. The summed E-state index contributed by atoms with van der Waals surface area (Å²) in [5.74, 6) is 3.46. The van der Waals surface area contributed by atoms with Gasteiger partial charge in [-0.15, -0.1) is 0 Å². The predicted molar refractivity (Wildman–Crippen MR) is 355 cm³/mol. The minimum absolute atomic E-state index is 0.652. The number of quaternary nitrogens is 2. The maximum atomic E-state index is 6.41. The van der Waals surface area contributed by atoms with Gasteiger partial charge in [-0.3, -0.25) is 0 Å². The number of aromatic nitrogens is 4. The van der Waals surface area contributed by atoms with Gasteiger partial charge in [-0.2, -0.15) is 0 Å². The molecular weight excluding hydrogens is 1060 g/mol. The molecule has 4 aromatic heterocycles. The van der Waals surface area contributed by atoms with Crippen LogP contribution in [0.15, 0.2) is 146 Å². The second-order valence-corrected chi connectivity index (χ2v) is 25.9. The third-order valence-corrected chi connectivity index (χ3v) is 16.2. The zero-order chi connectivity index (χ0) is 60.3. The van der Waals surface area contributed by atoms with E-state index >= 15 is 0 Å². The molecule has 8 aromatic rings. The van der Waals surface area contributed by atoms with E-state index in [9.17, 15) is 0 Å². The van der Waals surface area contributed by atoms with Crippen LogP contribution < -0.4 is 40.3 Å². The number of ether oxygens (including phenoxy) is 4. The van der Waals surface area contributed by atoms with Gasteiger partial charge in [0, 0.05) is 85.9 Å². The Morgan fingerprint density at radius 3 is 0.849 bits per heavy atom. The van der Waals surface area contributed by atoms with Gasteiger partial charge in [0.2, 0.25) is 0 Å². The Labute approximate surface area is 513 Å². The number of hydrogen-bond donors (Lipinski definition) is 4. The summed E-state index contributed by atoms with van der Waals surface area (Å²) in [6.45, 7) is 8.04. The summed E-state index contributed by atoms with van der Waals surface area (Å²) in [4.78, 5) is 18.1. The molecule has 4 aromatic carbocycles. The fourth-order valence-corrected chi connectivity index (χ4v) is 11.6. The molecular formula is C75H99N7O4+2. The molecule has 0 unspecified atom stereocenters. The highest BCUT2D eigenvalue weighted by Crippen LogP contribution is 2.31. The number of benzene rings is 4. The highest BCUT2D eigenvalue weighted by atomic mass is 16.5. The predicted octanol–water partition coefficient (Wildman–Crippen LogP) is 12.7. The first-order chi connectivity index (χ1) is 41.7. The molecule has 11 heteroatoms. The van der Waals surface area contributed by atoms with Gasteiger partial charge in [0.25, 0.3) is 0 Å². The molecule has 5 heterocycles. The van der Waals surface area contributed by atoms with E-state index in [2.05, 4.69) is 234 Å². The maximum absolute atomic E-state index is 6.41. The minimum atomic E-state index is 0.652.